The summed E-state index contributed by atoms with van der Waals surface area (Å²) in [6.45, 7) is 0. The molecule has 33 heavy (non-hydrogen) atoms. The third kappa shape index (κ3) is 7.21. The summed E-state index contributed by atoms with van der Waals surface area (Å²) in [7, 11) is 0. The minimum Gasteiger partial charge on any atom is -0.398 e. The second kappa shape index (κ2) is 12.4. The first-order valence-electron chi connectivity index (χ1n) is 11.0. The normalized spacial score (nSPS) is 10.2. The van der Waals surface area contributed by atoms with E-state index in [0.29, 0.717) is 0 Å². The van der Waals surface area contributed by atoms with Crippen molar-refractivity contribution < 1.29 is 0 Å². The average molecular weight is 441 g/mol. The predicted molar refractivity (Wildman–Crippen MR) is 142 cm³/mol. The van der Waals surface area contributed by atoms with Crippen molar-refractivity contribution in [3.05, 3.63) is 130 Å². The summed E-state index contributed by atoms with van der Waals surface area (Å²) in [6, 6.07) is 34.1. The Morgan fingerprint density at radius 2 is 0.758 bits per heavy atom. The van der Waals surface area contributed by atoms with Crippen molar-refractivity contribution in [1.82, 2.24) is 12.3 Å². The highest BCUT2D eigenvalue weighted by Gasteiger charge is 2.03. The molecule has 0 aliphatic heterocycles. The summed E-state index contributed by atoms with van der Waals surface area (Å²) in [5, 5.41) is 0. The Kier molecular flexibility index (Phi) is 9.67. The fourth-order valence-electron chi connectivity index (χ4n) is 3.97. The van der Waals surface area contributed by atoms with E-state index in [1.54, 1.807) is 0 Å². The zero-order chi connectivity index (χ0) is 21.5. The summed E-state index contributed by atoms with van der Waals surface area (Å²) in [5.74, 6) is 0. The molecule has 0 bridgehead atoms. The Balaban J connectivity index is 0.00000193. The fourth-order valence-corrected chi connectivity index (χ4v) is 3.97. The molecule has 0 heterocycles. The van der Waals surface area contributed by atoms with Crippen molar-refractivity contribution in [2.75, 3.05) is 11.5 Å². The maximum absolute atomic E-state index is 6.07. The average Bonchev–Trinajstić information content (AvgIpc) is 2.79. The van der Waals surface area contributed by atoms with Crippen LogP contribution >= 0.6 is 0 Å². The molecule has 0 amide bonds. The van der Waals surface area contributed by atoms with E-state index in [1.807, 2.05) is 36.4 Å². The standard InChI is InChI=1S/C29H30N2.2H3N/c30-28-10-3-1-8-26(28)20-24-16-12-22(13-17-24)6-5-7-23-14-18-25(19-15-23)21-27-9-2-4-11-29(27)31;;/h1-4,8-19H,5-7,20-21,30-31H2;2*1H3. The van der Waals surface area contributed by atoms with Crippen LogP contribution in [-0.4, -0.2) is 0 Å². The molecule has 172 valence electrons. The van der Waals surface area contributed by atoms with Crippen LogP contribution in [0.3, 0.4) is 0 Å². The highest BCUT2D eigenvalue weighted by Crippen LogP contribution is 2.19. The van der Waals surface area contributed by atoms with Gasteiger partial charge in [-0.2, -0.15) is 0 Å². The molecule has 0 atom stereocenters. The maximum Gasteiger partial charge on any atom is 0.0349 e. The summed E-state index contributed by atoms with van der Waals surface area (Å²) < 4.78 is 0. The first kappa shape index (κ1) is 25.7. The molecule has 0 saturated carbocycles. The van der Waals surface area contributed by atoms with E-state index in [2.05, 4.69) is 60.7 Å². The minimum atomic E-state index is 0. The third-order valence-electron chi connectivity index (χ3n) is 5.88. The van der Waals surface area contributed by atoms with E-state index in [4.69, 9.17) is 11.5 Å². The van der Waals surface area contributed by atoms with Crippen molar-refractivity contribution in [2.45, 2.75) is 32.1 Å². The molecule has 4 heteroatoms. The molecule has 4 aromatic carbocycles. The van der Waals surface area contributed by atoms with E-state index in [0.717, 1.165) is 43.5 Å². The van der Waals surface area contributed by atoms with Gasteiger partial charge in [-0.3, -0.25) is 0 Å². The summed E-state index contributed by atoms with van der Waals surface area (Å²) in [4.78, 5) is 0. The quantitative estimate of drug-likeness (QED) is 0.232. The molecule has 0 aromatic heterocycles. The van der Waals surface area contributed by atoms with Crippen molar-refractivity contribution >= 4 is 11.4 Å². The van der Waals surface area contributed by atoms with Gasteiger partial charge in [0.05, 0.1) is 0 Å². The van der Waals surface area contributed by atoms with Crippen molar-refractivity contribution in [1.29, 1.82) is 0 Å². The lowest BCUT2D eigenvalue weighted by Crippen LogP contribution is -1.96. The molecule has 0 fully saturated rings. The van der Waals surface area contributed by atoms with Gasteiger partial charge in [-0.15, -0.1) is 0 Å². The van der Waals surface area contributed by atoms with E-state index < -0.39 is 0 Å². The number of benzene rings is 4. The van der Waals surface area contributed by atoms with Gasteiger partial charge in [-0.1, -0.05) is 84.9 Å². The zero-order valence-electron chi connectivity index (χ0n) is 19.3. The van der Waals surface area contributed by atoms with Gasteiger partial charge in [0, 0.05) is 11.4 Å². The molecule has 0 unspecified atom stereocenters. The van der Waals surface area contributed by atoms with Crippen LogP contribution in [0.15, 0.2) is 97.1 Å². The van der Waals surface area contributed by atoms with Gasteiger partial charge < -0.3 is 23.8 Å². The van der Waals surface area contributed by atoms with Crippen molar-refractivity contribution in [2.24, 2.45) is 0 Å². The van der Waals surface area contributed by atoms with Gasteiger partial charge in [0.1, 0.15) is 0 Å². The van der Waals surface area contributed by atoms with Crippen LogP contribution < -0.4 is 23.8 Å². The van der Waals surface area contributed by atoms with Crippen LogP contribution in [0, 0.1) is 0 Å². The molecular weight excluding hydrogens is 404 g/mol. The topological polar surface area (TPSA) is 122 Å². The SMILES string of the molecule is N.N.Nc1ccccc1Cc1ccc(CCCc2ccc(Cc3ccccc3N)cc2)cc1. The van der Waals surface area contributed by atoms with Crippen molar-refractivity contribution in [3.63, 3.8) is 0 Å². The number of para-hydroxylation sites is 2. The Labute approximate surface area is 197 Å². The van der Waals surface area contributed by atoms with E-state index in [-0.39, 0.29) is 12.3 Å². The van der Waals surface area contributed by atoms with E-state index >= 15 is 0 Å². The smallest absolute Gasteiger partial charge is 0.0349 e. The van der Waals surface area contributed by atoms with Crippen LogP contribution in [0.1, 0.15) is 39.8 Å². The molecule has 0 aliphatic carbocycles. The van der Waals surface area contributed by atoms with E-state index in [1.165, 1.54) is 33.4 Å². The third-order valence-corrected chi connectivity index (χ3v) is 5.88. The number of nitrogens with two attached hydrogens (primary N) is 2. The van der Waals surface area contributed by atoms with Crippen LogP contribution in [0.2, 0.25) is 0 Å². The molecule has 0 aliphatic rings. The number of hydrogen-bond donors (Lipinski definition) is 4. The zero-order valence-corrected chi connectivity index (χ0v) is 19.3. The van der Waals surface area contributed by atoms with Gasteiger partial charge in [-0.25, -0.2) is 0 Å². The lowest BCUT2D eigenvalue weighted by molar-refractivity contribution is 0.819. The van der Waals surface area contributed by atoms with Gasteiger partial charge in [-0.05, 0) is 77.6 Å². The lowest BCUT2D eigenvalue weighted by Gasteiger charge is -2.08. The molecule has 0 radical (unpaired) electrons. The van der Waals surface area contributed by atoms with Crippen LogP contribution in [-0.2, 0) is 25.7 Å². The van der Waals surface area contributed by atoms with Crippen LogP contribution in [0.25, 0.3) is 0 Å². The molecule has 0 spiro atoms. The predicted octanol–water partition coefficient (Wildman–Crippen LogP) is 6.53. The monoisotopic (exact) mass is 440 g/mol. The van der Waals surface area contributed by atoms with Crippen LogP contribution in [0.5, 0.6) is 0 Å². The molecule has 4 nitrogen and oxygen atoms in total. The summed E-state index contributed by atoms with van der Waals surface area (Å²) in [5.41, 5.74) is 21.6. The Morgan fingerprint density at radius 1 is 0.424 bits per heavy atom. The number of nitrogen functional groups attached to an aromatic ring is 2. The van der Waals surface area contributed by atoms with Gasteiger partial charge in [0.25, 0.3) is 0 Å². The second-order valence-corrected chi connectivity index (χ2v) is 8.24. The molecule has 4 aromatic rings. The maximum atomic E-state index is 6.07. The first-order chi connectivity index (χ1) is 15.2. The van der Waals surface area contributed by atoms with Gasteiger partial charge >= 0.3 is 0 Å². The van der Waals surface area contributed by atoms with E-state index in [9.17, 15) is 0 Å². The largest absolute Gasteiger partial charge is 0.398 e. The van der Waals surface area contributed by atoms with Crippen LogP contribution in [0.4, 0.5) is 11.4 Å². The highest BCUT2D eigenvalue weighted by molar-refractivity contribution is 5.49. The Bertz CT molecular complexity index is 1030. The fraction of sp³-hybridized carbons (Fsp3) is 0.172. The Hall–Kier alpha value is -3.60. The number of aryl methyl sites for hydroxylation is 2. The summed E-state index contributed by atoms with van der Waals surface area (Å²) >= 11 is 0. The minimum absolute atomic E-state index is 0. The summed E-state index contributed by atoms with van der Waals surface area (Å²) in [6.07, 6.45) is 5.10. The van der Waals surface area contributed by atoms with Crippen molar-refractivity contribution in [3.8, 4) is 0 Å². The number of rotatable bonds is 8. The molecule has 4 rings (SSSR count). The molecular formula is C29H36N4. The molecule has 10 N–H and O–H groups in total. The second-order valence-electron chi connectivity index (χ2n) is 8.24. The molecule has 0 saturated heterocycles. The van der Waals surface area contributed by atoms with Gasteiger partial charge in [0.15, 0.2) is 0 Å². The Morgan fingerprint density at radius 3 is 1.12 bits per heavy atom. The van der Waals surface area contributed by atoms with Gasteiger partial charge in [0.2, 0.25) is 0 Å². The lowest BCUT2D eigenvalue weighted by atomic mass is 9.98. The first-order valence-corrected chi connectivity index (χ1v) is 11.0. The highest BCUT2D eigenvalue weighted by atomic mass is 14.6. The number of hydrogen-bond acceptors (Lipinski definition) is 4. The number of anilines is 2.